The smallest absolute Gasteiger partial charge is 0.387 e. The van der Waals surface area contributed by atoms with Gasteiger partial charge in [0.25, 0.3) is 5.91 Å². The van der Waals surface area contributed by atoms with Gasteiger partial charge in [-0.1, -0.05) is 23.7 Å². The molecule has 0 unspecified atom stereocenters. The van der Waals surface area contributed by atoms with Crippen LogP contribution in [0.5, 0.6) is 11.5 Å². The number of hydrogen-bond acceptors (Lipinski definition) is 6. The number of esters is 1. The van der Waals surface area contributed by atoms with Crippen molar-refractivity contribution in [1.29, 1.82) is 0 Å². The zero-order chi connectivity index (χ0) is 20.5. The number of carbonyl (C=O) groups excluding carboxylic acids is 2. The van der Waals surface area contributed by atoms with E-state index in [2.05, 4.69) is 15.0 Å². The predicted molar refractivity (Wildman–Crippen MR) is 97.5 cm³/mol. The molecular weight excluding hydrogens is 398 g/mol. The minimum Gasteiger partial charge on any atom is -0.493 e. The maximum absolute atomic E-state index is 12.6. The Morgan fingerprint density at radius 2 is 2.07 bits per heavy atom. The molecule has 0 aliphatic carbocycles. The van der Waals surface area contributed by atoms with Crippen molar-refractivity contribution in [3.8, 4) is 11.5 Å². The number of rotatable bonds is 8. The molecule has 28 heavy (non-hydrogen) atoms. The lowest BCUT2D eigenvalue weighted by atomic mass is 10.1. The van der Waals surface area contributed by atoms with E-state index < -0.39 is 25.1 Å². The first-order valence-electron chi connectivity index (χ1n) is 7.77. The second-order valence-corrected chi connectivity index (χ2v) is 5.45. The molecule has 2 aromatic rings. The zero-order valence-electron chi connectivity index (χ0n) is 14.5. The lowest BCUT2D eigenvalue weighted by Gasteiger charge is -2.12. The van der Waals surface area contributed by atoms with Crippen LogP contribution < -0.4 is 14.8 Å². The summed E-state index contributed by atoms with van der Waals surface area (Å²) >= 11 is 5.80. The van der Waals surface area contributed by atoms with Gasteiger partial charge in [0.2, 0.25) is 0 Å². The predicted octanol–water partition coefficient (Wildman–Crippen LogP) is 3.54. The van der Waals surface area contributed by atoms with Crippen molar-refractivity contribution in [2.24, 2.45) is 0 Å². The summed E-state index contributed by atoms with van der Waals surface area (Å²) in [4.78, 5) is 27.4. The largest absolute Gasteiger partial charge is 0.493 e. The average molecular weight is 413 g/mol. The van der Waals surface area contributed by atoms with Gasteiger partial charge in [-0.15, -0.1) is 0 Å². The second-order valence-electron chi connectivity index (χ2n) is 5.09. The quantitative estimate of drug-likeness (QED) is 0.405. The normalized spacial score (nSPS) is 10.8. The lowest BCUT2D eigenvalue weighted by molar-refractivity contribution is -0.142. The first-order chi connectivity index (χ1) is 13.4. The first kappa shape index (κ1) is 21.1. The number of carbonyl (C=O) groups is 2. The van der Waals surface area contributed by atoms with E-state index in [0.717, 1.165) is 6.08 Å². The van der Waals surface area contributed by atoms with Gasteiger partial charge in [-0.2, -0.15) is 8.78 Å². The molecule has 0 saturated heterocycles. The number of halogens is 3. The first-order valence-corrected chi connectivity index (χ1v) is 8.15. The summed E-state index contributed by atoms with van der Waals surface area (Å²) in [5, 5.41) is 2.52. The molecule has 148 valence electrons. The molecule has 7 nitrogen and oxygen atoms in total. The van der Waals surface area contributed by atoms with Gasteiger partial charge in [-0.3, -0.25) is 4.79 Å². The molecule has 0 saturated carbocycles. The van der Waals surface area contributed by atoms with E-state index in [-0.39, 0.29) is 27.9 Å². The van der Waals surface area contributed by atoms with E-state index in [4.69, 9.17) is 21.1 Å². The Bertz CT molecular complexity index is 877. The summed E-state index contributed by atoms with van der Waals surface area (Å²) in [6.45, 7) is -3.65. The Kier molecular flexibility index (Phi) is 7.70. The average Bonchev–Trinajstić information content (AvgIpc) is 2.67. The highest BCUT2D eigenvalue weighted by Gasteiger charge is 2.14. The number of amides is 1. The van der Waals surface area contributed by atoms with E-state index in [0.29, 0.717) is 0 Å². The van der Waals surface area contributed by atoms with Gasteiger partial charge in [0, 0.05) is 17.8 Å². The van der Waals surface area contributed by atoms with Gasteiger partial charge in [0.15, 0.2) is 23.3 Å². The van der Waals surface area contributed by atoms with Crippen LogP contribution in [-0.4, -0.2) is 37.2 Å². The van der Waals surface area contributed by atoms with Crippen molar-refractivity contribution >= 4 is 35.2 Å². The molecule has 0 bridgehead atoms. The second kappa shape index (κ2) is 10.2. The summed E-state index contributed by atoms with van der Waals surface area (Å²) in [5.41, 5.74) is 0.439. The SMILES string of the molecule is COc1cccc(/C=C/C(=O)OCC(=O)Nc2cccnc2Cl)c1OC(F)F. The summed E-state index contributed by atoms with van der Waals surface area (Å²) in [5.74, 6) is -1.64. The molecule has 2 rings (SSSR count). The standard InChI is InChI=1S/C18H15ClF2N2O5/c1-26-13-6-2-4-11(16(13)28-18(20)21)7-8-15(25)27-10-14(24)23-12-5-3-9-22-17(12)19/h2-9,18H,10H2,1H3,(H,23,24)/b8-7+. The number of pyridine rings is 1. The van der Waals surface area contributed by atoms with Gasteiger partial charge >= 0.3 is 12.6 Å². The summed E-state index contributed by atoms with van der Waals surface area (Å²) in [7, 11) is 1.29. The third kappa shape index (κ3) is 6.20. The third-order valence-corrected chi connectivity index (χ3v) is 3.52. The van der Waals surface area contributed by atoms with Crippen LogP contribution in [0, 0.1) is 0 Å². The van der Waals surface area contributed by atoms with Crippen LogP contribution in [0.2, 0.25) is 5.15 Å². The van der Waals surface area contributed by atoms with Crippen molar-refractivity contribution in [3.63, 3.8) is 0 Å². The summed E-state index contributed by atoms with van der Waals surface area (Å²) in [6.07, 6.45) is 3.63. The number of benzene rings is 1. The maximum Gasteiger partial charge on any atom is 0.387 e. The van der Waals surface area contributed by atoms with Crippen LogP contribution in [0.4, 0.5) is 14.5 Å². The number of para-hydroxylation sites is 1. The Morgan fingerprint density at radius 3 is 2.75 bits per heavy atom. The highest BCUT2D eigenvalue weighted by Crippen LogP contribution is 2.33. The van der Waals surface area contributed by atoms with Gasteiger partial charge < -0.3 is 19.5 Å². The van der Waals surface area contributed by atoms with Crippen molar-refractivity contribution in [1.82, 2.24) is 4.98 Å². The maximum atomic E-state index is 12.6. The third-order valence-electron chi connectivity index (χ3n) is 3.21. The van der Waals surface area contributed by atoms with E-state index in [1.165, 1.54) is 43.6 Å². The molecular formula is C18H15ClF2N2O5. The number of methoxy groups -OCH3 is 1. The minimum atomic E-state index is -3.07. The Morgan fingerprint density at radius 1 is 1.29 bits per heavy atom. The molecule has 1 heterocycles. The van der Waals surface area contributed by atoms with Crippen LogP contribution in [0.25, 0.3) is 6.08 Å². The molecule has 0 aliphatic rings. The van der Waals surface area contributed by atoms with Crippen LogP contribution >= 0.6 is 11.6 Å². The number of nitrogens with zero attached hydrogens (tertiary/aromatic N) is 1. The van der Waals surface area contributed by atoms with E-state index in [1.54, 1.807) is 6.07 Å². The molecule has 0 aliphatic heterocycles. The molecule has 1 aromatic heterocycles. The molecule has 0 atom stereocenters. The molecule has 0 spiro atoms. The number of aromatic nitrogens is 1. The minimum absolute atomic E-state index is 0.0727. The monoisotopic (exact) mass is 412 g/mol. The van der Waals surface area contributed by atoms with Crippen LogP contribution in [-0.2, 0) is 14.3 Å². The molecule has 0 radical (unpaired) electrons. The van der Waals surface area contributed by atoms with Crippen LogP contribution in [0.1, 0.15) is 5.56 Å². The van der Waals surface area contributed by atoms with Gasteiger partial charge in [0.05, 0.1) is 12.8 Å². The number of anilines is 1. The van der Waals surface area contributed by atoms with E-state index >= 15 is 0 Å². The Hall–Kier alpha value is -3.20. The fraction of sp³-hybridized carbons (Fsp3) is 0.167. The Balaban J connectivity index is 1.96. The summed E-state index contributed by atoms with van der Waals surface area (Å²) in [6, 6.07) is 7.52. The number of alkyl halides is 2. The Labute approximate surface area is 163 Å². The van der Waals surface area contributed by atoms with E-state index in [1.807, 2.05) is 0 Å². The van der Waals surface area contributed by atoms with Crippen molar-refractivity contribution in [2.75, 3.05) is 19.0 Å². The number of nitrogens with one attached hydrogen (secondary N) is 1. The number of hydrogen-bond donors (Lipinski definition) is 1. The van der Waals surface area contributed by atoms with Crippen LogP contribution in [0.15, 0.2) is 42.6 Å². The molecule has 1 N–H and O–H groups in total. The van der Waals surface area contributed by atoms with Crippen molar-refractivity contribution in [2.45, 2.75) is 6.61 Å². The highest BCUT2D eigenvalue weighted by atomic mass is 35.5. The van der Waals surface area contributed by atoms with Gasteiger partial charge in [0.1, 0.15) is 0 Å². The molecule has 1 aromatic carbocycles. The molecule has 10 heteroatoms. The number of ether oxygens (including phenoxy) is 3. The van der Waals surface area contributed by atoms with Gasteiger partial charge in [-0.05, 0) is 24.3 Å². The highest BCUT2D eigenvalue weighted by molar-refractivity contribution is 6.32. The zero-order valence-corrected chi connectivity index (χ0v) is 15.3. The van der Waals surface area contributed by atoms with Gasteiger partial charge in [-0.25, -0.2) is 9.78 Å². The fourth-order valence-corrected chi connectivity index (χ4v) is 2.21. The molecule has 1 amide bonds. The topological polar surface area (TPSA) is 86.8 Å². The lowest BCUT2D eigenvalue weighted by Crippen LogP contribution is -2.20. The van der Waals surface area contributed by atoms with E-state index in [9.17, 15) is 18.4 Å². The summed E-state index contributed by atoms with van der Waals surface area (Å²) < 4.78 is 39.3. The fourth-order valence-electron chi connectivity index (χ4n) is 2.05. The van der Waals surface area contributed by atoms with Crippen molar-refractivity contribution in [3.05, 3.63) is 53.3 Å². The van der Waals surface area contributed by atoms with Crippen LogP contribution in [0.3, 0.4) is 0 Å². The van der Waals surface area contributed by atoms with Crippen molar-refractivity contribution < 1.29 is 32.6 Å². The molecule has 0 fully saturated rings.